The third-order valence-electron chi connectivity index (χ3n) is 3.62. The average Bonchev–Trinajstić information content (AvgIpc) is 2.26. The van der Waals surface area contributed by atoms with E-state index in [2.05, 4.69) is 0 Å². The zero-order valence-corrected chi connectivity index (χ0v) is 11.3. The highest BCUT2D eigenvalue weighted by atomic mass is 16.2. The number of aryl methyl sites for hydroxylation is 1. The fourth-order valence-corrected chi connectivity index (χ4v) is 2.26. The van der Waals surface area contributed by atoms with Crippen molar-refractivity contribution in [3.8, 4) is 0 Å². The van der Waals surface area contributed by atoms with Gasteiger partial charge in [-0.25, -0.2) is 0 Å². The Morgan fingerprint density at radius 1 is 1.37 bits per heavy atom. The van der Waals surface area contributed by atoms with E-state index in [1.165, 1.54) is 0 Å². The SMILES string of the molecule is Cc1cccc(N(CCC(N)=O)C(=O)C2CCC2)c1. The second kappa shape index (κ2) is 5.87. The van der Waals surface area contributed by atoms with Gasteiger partial charge in [-0.1, -0.05) is 18.6 Å². The number of amides is 2. The first-order valence-electron chi connectivity index (χ1n) is 6.74. The van der Waals surface area contributed by atoms with Gasteiger partial charge >= 0.3 is 0 Å². The standard InChI is InChI=1S/C15H20N2O2/c1-11-4-2-7-13(10-11)17(9-8-14(16)18)15(19)12-5-3-6-12/h2,4,7,10,12H,3,5-6,8-9H2,1H3,(H2,16,18). The Labute approximate surface area is 113 Å². The van der Waals surface area contributed by atoms with E-state index in [1.54, 1.807) is 4.90 Å². The van der Waals surface area contributed by atoms with Crippen molar-refractivity contribution in [1.29, 1.82) is 0 Å². The van der Waals surface area contributed by atoms with Crippen LogP contribution in [0.4, 0.5) is 5.69 Å². The molecule has 0 bridgehead atoms. The molecule has 2 N–H and O–H groups in total. The number of rotatable bonds is 5. The summed E-state index contributed by atoms with van der Waals surface area (Å²) in [5, 5.41) is 0. The van der Waals surface area contributed by atoms with Crippen molar-refractivity contribution in [2.75, 3.05) is 11.4 Å². The van der Waals surface area contributed by atoms with Crippen molar-refractivity contribution >= 4 is 17.5 Å². The van der Waals surface area contributed by atoms with Crippen LogP contribution in [0.3, 0.4) is 0 Å². The molecule has 4 nitrogen and oxygen atoms in total. The number of nitrogens with two attached hydrogens (primary N) is 1. The molecule has 0 saturated heterocycles. The minimum atomic E-state index is -0.376. The summed E-state index contributed by atoms with van der Waals surface area (Å²) in [7, 11) is 0. The van der Waals surface area contributed by atoms with Gasteiger partial charge in [0.25, 0.3) is 0 Å². The molecule has 1 aromatic carbocycles. The highest BCUT2D eigenvalue weighted by Crippen LogP contribution is 2.30. The quantitative estimate of drug-likeness (QED) is 0.880. The fraction of sp³-hybridized carbons (Fsp3) is 0.467. The Bertz CT molecular complexity index is 481. The summed E-state index contributed by atoms with van der Waals surface area (Å²) >= 11 is 0. The molecule has 1 saturated carbocycles. The molecule has 1 aliphatic rings. The van der Waals surface area contributed by atoms with Crippen LogP contribution in [0.1, 0.15) is 31.2 Å². The van der Waals surface area contributed by atoms with Gasteiger partial charge in [0.15, 0.2) is 0 Å². The molecule has 0 aliphatic heterocycles. The summed E-state index contributed by atoms with van der Waals surface area (Å²) in [6, 6.07) is 7.79. The first kappa shape index (κ1) is 13.6. The highest BCUT2D eigenvalue weighted by Gasteiger charge is 2.30. The Morgan fingerprint density at radius 2 is 2.11 bits per heavy atom. The van der Waals surface area contributed by atoms with Crippen LogP contribution in [-0.2, 0) is 9.59 Å². The number of carbonyl (C=O) groups is 2. The van der Waals surface area contributed by atoms with Crippen LogP contribution in [0, 0.1) is 12.8 Å². The maximum atomic E-state index is 12.4. The topological polar surface area (TPSA) is 63.4 Å². The van der Waals surface area contributed by atoms with Gasteiger partial charge in [0.05, 0.1) is 0 Å². The molecule has 4 heteroatoms. The van der Waals surface area contributed by atoms with Crippen LogP contribution in [-0.4, -0.2) is 18.4 Å². The molecule has 0 unspecified atom stereocenters. The Balaban J connectivity index is 2.17. The van der Waals surface area contributed by atoms with Gasteiger partial charge in [0, 0.05) is 24.6 Å². The summed E-state index contributed by atoms with van der Waals surface area (Å²) in [5.41, 5.74) is 7.15. The van der Waals surface area contributed by atoms with Crippen LogP contribution >= 0.6 is 0 Å². The molecule has 19 heavy (non-hydrogen) atoms. The van der Waals surface area contributed by atoms with Crippen LogP contribution in [0.15, 0.2) is 24.3 Å². The Kier molecular flexibility index (Phi) is 4.20. The van der Waals surface area contributed by atoms with Gasteiger partial charge in [-0.3, -0.25) is 9.59 Å². The predicted molar refractivity (Wildman–Crippen MR) is 74.7 cm³/mol. The van der Waals surface area contributed by atoms with Crippen molar-refractivity contribution in [3.05, 3.63) is 29.8 Å². The van der Waals surface area contributed by atoms with Crippen LogP contribution in [0.25, 0.3) is 0 Å². The van der Waals surface area contributed by atoms with E-state index in [9.17, 15) is 9.59 Å². The number of nitrogens with zero attached hydrogens (tertiary/aromatic N) is 1. The first-order valence-corrected chi connectivity index (χ1v) is 6.74. The highest BCUT2D eigenvalue weighted by molar-refractivity contribution is 5.96. The molecule has 0 radical (unpaired) electrons. The largest absolute Gasteiger partial charge is 0.370 e. The molecule has 0 atom stereocenters. The number of anilines is 1. The Hall–Kier alpha value is -1.84. The van der Waals surface area contributed by atoms with Crippen molar-refractivity contribution in [3.63, 3.8) is 0 Å². The lowest BCUT2D eigenvalue weighted by atomic mass is 9.84. The monoisotopic (exact) mass is 260 g/mol. The molecule has 0 aromatic heterocycles. The van der Waals surface area contributed by atoms with E-state index >= 15 is 0 Å². The van der Waals surface area contributed by atoms with Gasteiger partial charge in [-0.2, -0.15) is 0 Å². The van der Waals surface area contributed by atoms with Crippen LogP contribution in [0.2, 0.25) is 0 Å². The van der Waals surface area contributed by atoms with Crippen LogP contribution < -0.4 is 10.6 Å². The summed E-state index contributed by atoms with van der Waals surface area (Å²) in [6.45, 7) is 2.36. The van der Waals surface area contributed by atoms with Crippen molar-refractivity contribution in [2.45, 2.75) is 32.6 Å². The molecule has 2 rings (SSSR count). The molecule has 1 fully saturated rings. The fourth-order valence-electron chi connectivity index (χ4n) is 2.26. The maximum Gasteiger partial charge on any atom is 0.230 e. The van der Waals surface area contributed by atoms with Gasteiger partial charge < -0.3 is 10.6 Å². The van der Waals surface area contributed by atoms with E-state index in [0.29, 0.717) is 6.54 Å². The van der Waals surface area contributed by atoms with E-state index in [-0.39, 0.29) is 24.2 Å². The molecule has 1 aromatic rings. The van der Waals surface area contributed by atoms with Crippen molar-refractivity contribution in [2.24, 2.45) is 11.7 Å². The summed E-state index contributed by atoms with van der Waals surface area (Å²) in [4.78, 5) is 25.1. The van der Waals surface area contributed by atoms with E-state index in [1.807, 2.05) is 31.2 Å². The molecule has 1 aliphatic carbocycles. The van der Waals surface area contributed by atoms with Crippen molar-refractivity contribution in [1.82, 2.24) is 0 Å². The molecule has 0 spiro atoms. The molecule has 2 amide bonds. The number of primary amides is 1. The Morgan fingerprint density at radius 3 is 2.63 bits per heavy atom. The number of hydrogen-bond donors (Lipinski definition) is 1. The first-order chi connectivity index (χ1) is 9.08. The van der Waals surface area contributed by atoms with E-state index in [4.69, 9.17) is 5.73 Å². The summed E-state index contributed by atoms with van der Waals surface area (Å²) < 4.78 is 0. The molecule has 102 valence electrons. The lowest BCUT2D eigenvalue weighted by Gasteiger charge is -2.31. The van der Waals surface area contributed by atoms with Crippen molar-refractivity contribution < 1.29 is 9.59 Å². The second-order valence-electron chi connectivity index (χ2n) is 5.17. The molecular weight excluding hydrogens is 240 g/mol. The third kappa shape index (κ3) is 3.34. The van der Waals surface area contributed by atoms with E-state index in [0.717, 1.165) is 30.5 Å². The zero-order chi connectivity index (χ0) is 13.8. The van der Waals surface area contributed by atoms with E-state index < -0.39 is 0 Å². The summed E-state index contributed by atoms with van der Waals surface area (Å²) in [6.07, 6.45) is 3.23. The smallest absolute Gasteiger partial charge is 0.230 e. The summed E-state index contributed by atoms with van der Waals surface area (Å²) in [5.74, 6) is -0.134. The second-order valence-corrected chi connectivity index (χ2v) is 5.17. The third-order valence-corrected chi connectivity index (χ3v) is 3.62. The predicted octanol–water partition coefficient (Wildman–Crippen LogP) is 2.00. The minimum Gasteiger partial charge on any atom is -0.370 e. The minimum absolute atomic E-state index is 0.119. The lowest BCUT2D eigenvalue weighted by Crippen LogP contribution is -2.40. The molecular formula is C15H20N2O2. The van der Waals surface area contributed by atoms with Gasteiger partial charge in [-0.05, 0) is 37.5 Å². The number of benzene rings is 1. The van der Waals surface area contributed by atoms with Gasteiger partial charge in [-0.15, -0.1) is 0 Å². The van der Waals surface area contributed by atoms with Gasteiger partial charge in [0.2, 0.25) is 11.8 Å². The van der Waals surface area contributed by atoms with Crippen LogP contribution in [0.5, 0.6) is 0 Å². The van der Waals surface area contributed by atoms with Gasteiger partial charge in [0.1, 0.15) is 0 Å². The average molecular weight is 260 g/mol. The maximum absolute atomic E-state index is 12.4. The number of hydrogen-bond acceptors (Lipinski definition) is 2. The zero-order valence-electron chi connectivity index (χ0n) is 11.3. The molecule has 0 heterocycles. The number of carbonyl (C=O) groups excluding carboxylic acids is 2. The normalized spacial score (nSPS) is 14.8. The lowest BCUT2D eigenvalue weighted by molar-refractivity contribution is -0.124.